The first-order valence-electron chi connectivity index (χ1n) is 24.1. The Hall–Kier alpha value is -1.96. The van der Waals surface area contributed by atoms with E-state index in [9.17, 15) is 39.8 Å². The van der Waals surface area contributed by atoms with Crippen molar-refractivity contribution in [3.8, 4) is 0 Å². The van der Waals surface area contributed by atoms with Gasteiger partial charge in [-0.15, -0.1) is 0 Å². The molecule has 62 heavy (non-hydrogen) atoms. The zero-order valence-corrected chi connectivity index (χ0v) is 39.3. The average Bonchev–Trinajstić information content (AvgIpc) is 3.26. The smallest absolute Gasteiger partial charge is 0.457 e. The van der Waals surface area contributed by atoms with Crippen LogP contribution in [-0.4, -0.2) is 98.9 Å². The molecule has 0 spiro atoms. The molecular formula is C49H87O12P. The van der Waals surface area contributed by atoms with Crippen molar-refractivity contribution in [1.82, 2.24) is 0 Å². The van der Waals surface area contributed by atoms with Crippen molar-refractivity contribution in [2.45, 2.75) is 224 Å². The molecule has 6 N–H and O–H groups in total. The Balaban J connectivity index is 2.37. The van der Waals surface area contributed by atoms with E-state index in [1.54, 1.807) is 0 Å². The van der Waals surface area contributed by atoms with Gasteiger partial charge in [0.1, 0.15) is 42.7 Å². The summed E-state index contributed by atoms with van der Waals surface area (Å²) in [7, 11) is -5.03. The van der Waals surface area contributed by atoms with Gasteiger partial charge in [0.2, 0.25) is 0 Å². The molecule has 0 saturated heterocycles. The van der Waals surface area contributed by atoms with Gasteiger partial charge in [0.05, 0.1) is 13.2 Å². The summed E-state index contributed by atoms with van der Waals surface area (Å²) in [6.07, 6.45) is 37.2. The number of aliphatic hydroxyl groups is 5. The summed E-state index contributed by atoms with van der Waals surface area (Å²) in [5.41, 5.74) is 0. The van der Waals surface area contributed by atoms with Crippen LogP contribution in [0.4, 0.5) is 0 Å². The molecule has 0 aromatic rings. The maximum atomic E-state index is 12.8. The molecule has 1 rings (SSSR count). The van der Waals surface area contributed by atoms with Crippen LogP contribution < -0.4 is 0 Å². The Bertz CT molecular complexity index is 1250. The molecule has 0 aromatic carbocycles. The molecule has 6 atom stereocenters. The van der Waals surface area contributed by atoms with Crippen LogP contribution in [0, 0.1) is 0 Å². The summed E-state index contributed by atoms with van der Waals surface area (Å²) < 4.78 is 34.2. The fourth-order valence-electron chi connectivity index (χ4n) is 7.05. The van der Waals surface area contributed by atoms with Gasteiger partial charge in [-0.25, -0.2) is 4.57 Å². The first kappa shape index (κ1) is 58.1. The predicted molar refractivity (Wildman–Crippen MR) is 248 cm³/mol. The fourth-order valence-corrected chi connectivity index (χ4v) is 8.02. The number of allylic oxidation sites excluding steroid dienone is 10. The first-order valence-corrected chi connectivity index (χ1v) is 25.6. The van der Waals surface area contributed by atoms with E-state index < -0.39 is 63.1 Å². The lowest BCUT2D eigenvalue weighted by atomic mass is 9.85. The lowest BCUT2D eigenvalue weighted by Crippen LogP contribution is -2.64. The van der Waals surface area contributed by atoms with Crippen molar-refractivity contribution in [3.05, 3.63) is 60.8 Å². The van der Waals surface area contributed by atoms with Gasteiger partial charge in [-0.1, -0.05) is 158 Å². The highest BCUT2D eigenvalue weighted by Crippen LogP contribution is 2.47. The third kappa shape index (κ3) is 31.0. The Kier molecular flexibility index (Phi) is 36.9. The third-order valence-corrected chi connectivity index (χ3v) is 11.9. The van der Waals surface area contributed by atoms with Crippen molar-refractivity contribution in [3.63, 3.8) is 0 Å². The summed E-state index contributed by atoms with van der Waals surface area (Å²) in [4.78, 5) is 23.2. The minimum absolute atomic E-state index is 0.0958. The van der Waals surface area contributed by atoms with E-state index in [4.69, 9.17) is 18.5 Å². The minimum atomic E-state index is -5.03. The summed E-state index contributed by atoms with van der Waals surface area (Å²) in [5, 5.41) is 50.2. The normalized spacial score (nSPS) is 22.5. The summed E-state index contributed by atoms with van der Waals surface area (Å²) in [6.45, 7) is 4.08. The zero-order valence-electron chi connectivity index (χ0n) is 38.4. The minimum Gasteiger partial charge on any atom is -0.457 e. The second-order valence-electron chi connectivity index (χ2n) is 16.6. The summed E-state index contributed by atoms with van der Waals surface area (Å²) >= 11 is 0. The largest absolute Gasteiger partial charge is 0.472 e. The molecule has 0 heterocycles. The molecule has 0 aliphatic heterocycles. The molecule has 360 valence electrons. The molecule has 12 nitrogen and oxygen atoms in total. The fraction of sp³-hybridized carbons (Fsp3) is 0.776. The highest BCUT2D eigenvalue weighted by atomic mass is 31.2. The van der Waals surface area contributed by atoms with Gasteiger partial charge in [-0.2, -0.15) is 0 Å². The number of carbonyl (C=O) groups is 1. The zero-order chi connectivity index (χ0) is 45.5. The van der Waals surface area contributed by atoms with Gasteiger partial charge < -0.3 is 39.9 Å². The molecule has 1 fully saturated rings. The maximum absolute atomic E-state index is 12.8. The second kappa shape index (κ2) is 39.4. The van der Waals surface area contributed by atoms with Crippen molar-refractivity contribution < 1.29 is 58.3 Å². The molecular weight excluding hydrogens is 812 g/mol. The van der Waals surface area contributed by atoms with Crippen molar-refractivity contribution in [1.29, 1.82) is 0 Å². The molecule has 1 saturated carbocycles. The van der Waals surface area contributed by atoms with E-state index in [1.807, 2.05) is 0 Å². The summed E-state index contributed by atoms with van der Waals surface area (Å²) in [6, 6.07) is 0. The van der Waals surface area contributed by atoms with Gasteiger partial charge >= 0.3 is 13.8 Å². The molecule has 0 aromatic heterocycles. The molecule has 0 bridgehead atoms. The number of ether oxygens (including phenoxy) is 2. The lowest BCUT2D eigenvalue weighted by molar-refractivity contribution is -0.220. The van der Waals surface area contributed by atoms with Crippen molar-refractivity contribution in [2.75, 3.05) is 19.8 Å². The van der Waals surface area contributed by atoms with Gasteiger partial charge in [0, 0.05) is 13.0 Å². The number of esters is 1. The Morgan fingerprint density at radius 2 is 0.952 bits per heavy atom. The Morgan fingerprint density at radius 1 is 0.532 bits per heavy atom. The van der Waals surface area contributed by atoms with Crippen LogP contribution in [0.5, 0.6) is 0 Å². The number of rotatable bonds is 40. The van der Waals surface area contributed by atoms with E-state index in [0.717, 1.165) is 83.5 Å². The molecule has 6 unspecified atom stereocenters. The molecule has 13 heteroatoms. The SMILES string of the molecule is CC/C=C\C/C=C\C/C=C\CCCCCCOCC(COP(=O)(O)OC1C(O)C(O)C(O)C(O)C1O)OC(=O)CCCCCCCCCCC/C=C\C/C=C\CCCCCCC. The highest BCUT2D eigenvalue weighted by molar-refractivity contribution is 7.47. The van der Waals surface area contributed by atoms with Crippen LogP contribution in [-0.2, 0) is 27.9 Å². The van der Waals surface area contributed by atoms with E-state index in [0.29, 0.717) is 13.0 Å². The number of carbonyl (C=O) groups excluding carboxylic acids is 1. The number of aliphatic hydroxyl groups excluding tert-OH is 5. The van der Waals surface area contributed by atoms with Crippen LogP contribution in [0.1, 0.15) is 181 Å². The molecule has 1 aliphatic carbocycles. The molecule has 0 radical (unpaired) electrons. The Labute approximate surface area is 375 Å². The van der Waals surface area contributed by atoms with Crippen LogP contribution in [0.25, 0.3) is 0 Å². The number of phosphoric acid groups is 1. The quantitative estimate of drug-likeness (QED) is 0.0148. The maximum Gasteiger partial charge on any atom is 0.472 e. The predicted octanol–water partition coefficient (Wildman–Crippen LogP) is 10.2. The van der Waals surface area contributed by atoms with Crippen LogP contribution in [0.15, 0.2) is 60.8 Å². The van der Waals surface area contributed by atoms with Crippen molar-refractivity contribution >= 4 is 13.8 Å². The van der Waals surface area contributed by atoms with Crippen LogP contribution >= 0.6 is 7.82 Å². The topological polar surface area (TPSA) is 192 Å². The van der Waals surface area contributed by atoms with Gasteiger partial charge in [0.25, 0.3) is 0 Å². The van der Waals surface area contributed by atoms with Gasteiger partial charge in [-0.05, 0) is 77.0 Å². The van der Waals surface area contributed by atoms with E-state index in [1.165, 1.54) is 70.6 Å². The number of hydrogen-bond donors (Lipinski definition) is 6. The van der Waals surface area contributed by atoms with E-state index in [-0.39, 0.29) is 13.0 Å². The standard InChI is InChI=1S/C49H87O12P/c1-3-5-7-9-11-13-15-17-19-20-21-22-23-24-25-26-28-30-32-34-36-38-43(50)60-42(40-58-39-37-35-33-31-29-27-18-16-14-12-10-8-6-4-2)41-59-62(56,57)61-49-47(54)45(52)44(51)46(53)48(49)55/h6,8,12,14-15,17-18,20-21,27,42,44-49,51-55H,3-5,7,9-11,13,16,19,22-26,28-41H2,1-2H3,(H,56,57)/b8-6-,14-12-,17-15-,21-20-,27-18-. The van der Waals surface area contributed by atoms with Crippen LogP contribution in [0.2, 0.25) is 0 Å². The second-order valence-corrected chi connectivity index (χ2v) is 18.0. The van der Waals surface area contributed by atoms with Crippen LogP contribution in [0.3, 0.4) is 0 Å². The summed E-state index contributed by atoms with van der Waals surface area (Å²) in [5.74, 6) is -0.492. The number of phosphoric ester groups is 1. The molecule has 0 amide bonds. The van der Waals surface area contributed by atoms with E-state index in [2.05, 4.69) is 74.6 Å². The average molecular weight is 899 g/mol. The third-order valence-electron chi connectivity index (χ3n) is 10.9. The van der Waals surface area contributed by atoms with E-state index >= 15 is 0 Å². The number of hydrogen-bond acceptors (Lipinski definition) is 11. The first-order chi connectivity index (χ1) is 30.0. The molecule has 1 aliphatic rings. The number of unbranched alkanes of at least 4 members (excludes halogenated alkanes) is 18. The van der Waals surface area contributed by atoms with Gasteiger partial charge in [-0.3, -0.25) is 13.8 Å². The monoisotopic (exact) mass is 899 g/mol. The van der Waals surface area contributed by atoms with Crippen molar-refractivity contribution in [2.24, 2.45) is 0 Å². The Morgan fingerprint density at radius 3 is 1.45 bits per heavy atom. The lowest BCUT2D eigenvalue weighted by Gasteiger charge is -2.41. The van der Waals surface area contributed by atoms with Gasteiger partial charge in [0.15, 0.2) is 0 Å². The highest BCUT2D eigenvalue weighted by Gasteiger charge is 2.51.